The number of aromatic amines is 1. The zero-order valence-electron chi connectivity index (χ0n) is 9.48. The van der Waals surface area contributed by atoms with E-state index in [0.717, 1.165) is 5.56 Å². The molecule has 6 heteroatoms. The monoisotopic (exact) mass is 265 g/mol. The average Bonchev–Trinajstić information content (AvgIpc) is 2.69. The molecule has 0 atom stereocenters. The van der Waals surface area contributed by atoms with Crippen LogP contribution in [0.1, 0.15) is 21.6 Å². The summed E-state index contributed by atoms with van der Waals surface area (Å²) in [7, 11) is 0. The van der Waals surface area contributed by atoms with Crippen molar-refractivity contribution in [2.75, 3.05) is 5.73 Å². The molecule has 0 aliphatic carbocycles. The molecule has 0 spiro atoms. The highest BCUT2D eigenvalue weighted by atomic mass is 35.5. The number of aromatic carboxylic acids is 1. The summed E-state index contributed by atoms with van der Waals surface area (Å²) in [5.41, 5.74) is 7.01. The van der Waals surface area contributed by atoms with Crippen LogP contribution in [0.2, 0.25) is 5.02 Å². The first kappa shape index (κ1) is 12.4. The van der Waals surface area contributed by atoms with Gasteiger partial charge >= 0.3 is 5.97 Å². The van der Waals surface area contributed by atoms with Crippen LogP contribution < -0.4 is 5.73 Å². The SMILES string of the molecule is Nc1n[nH]c(CCc2ccccc2Cl)c1C(=O)O. The molecule has 0 aliphatic heterocycles. The van der Waals surface area contributed by atoms with Gasteiger partial charge in [-0.2, -0.15) is 5.10 Å². The van der Waals surface area contributed by atoms with Crippen LogP contribution in [-0.4, -0.2) is 21.3 Å². The van der Waals surface area contributed by atoms with Crippen molar-refractivity contribution in [1.29, 1.82) is 0 Å². The van der Waals surface area contributed by atoms with Gasteiger partial charge in [0.05, 0.1) is 5.69 Å². The second-order valence-electron chi connectivity index (χ2n) is 3.86. The van der Waals surface area contributed by atoms with Crippen LogP contribution in [0.25, 0.3) is 0 Å². The predicted octanol–water partition coefficient (Wildman–Crippen LogP) is 2.13. The lowest BCUT2D eigenvalue weighted by Crippen LogP contribution is -2.04. The molecule has 2 aromatic rings. The molecule has 1 aromatic carbocycles. The Balaban J connectivity index is 2.16. The van der Waals surface area contributed by atoms with Crippen LogP contribution in [0, 0.1) is 0 Å². The number of anilines is 1. The summed E-state index contributed by atoms with van der Waals surface area (Å²) >= 11 is 6.03. The maximum absolute atomic E-state index is 11.0. The Labute approximate surface area is 109 Å². The molecule has 2 rings (SSSR count). The normalized spacial score (nSPS) is 10.5. The molecule has 0 saturated carbocycles. The molecule has 0 aliphatic rings. The Morgan fingerprint density at radius 2 is 2.11 bits per heavy atom. The molecular formula is C12H12ClN3O2. The van der Waals surface area contributed by atoms with Gasteiger partial charge in [-0.05, 0) is 24.5 Å². The molecule has 94 valence electrons. The first-order valence-corrected chi connectivity index (χ1v) is 5.77. The quantitative estimate of drug-likeness (QED) is 0.790. The van der Waals surface area contributed by atoms with Gasteiger partial charge in [0.25, 0.3) is 0 Å². The van der Waals surface area contributed by atoms with Gasteiger partial charge in [-0.25, -0.2) is 4.79 Å². The third kappa shape index (κ3) is 2.46. The number of hydrogen-bond donors (Lipinski definition) is 3. The van der Waals surface area contributed by atoms with Gasteiger partial charge in [-0.3, -0.25) is 5.10 Å². The number of H-pyrrole nitrogens is 1. The Morgan fingerprint density at radius 3 is 2.78 bits per heavy atom. The molecule has 1 aromatic heterocycles. The van der Waals surface area contributed by atoms with E-state index in [1.54, 1.807) is 6.07 Å². The van der Waals surface area contributed by atoms with Crippen molar-refractivity contribution in [2.45, 2.75) is 12.8 Å². The summed E-state index contributed by atoms with van der Waals surface area (Å²) in [4.78, 5) is 11.0. The standard InChI is InChI=1S/C12H12ClN3O2/c13-8-4-2-1-3-7(8)5-6-9-10(12(17)18)11(14)16-15-9/h1-4H,5-6H2,(H,17,18)(H3,14,15,16). The average molecular weight is 266 g/mol. The van der Waals surface area contributed by atoms with E-state index < -0.39 is 5.97 Å². The number of carboxylic acid groups (broad SMARTS) is 1. The van der Waals surface area contributed by atoms with Gasteiger partial charge in [0.2, 0.25) is 0 Å². The molecular weight excluding hydrogens is 254 g/mol. The Bertz CT molecular complexity index is 580. The van der Waals surface area contributed by atoms with Crippen molar-refractivity contribution >= 4 is 23.4 Å². The summed E-state index contributed by atoms with van der Waals surface area (Å²) in [5.74, 6) is -1.06. The van der Waals surface area contributed by atoms with E-state index in [9.17, 15) is 4.79 Å². The molecule has 0 unspecified atom stereocenters. The van der Waals surface area contributed by atoms with Crippen LogP contribution in [0.4, 0.5) is 5.82 Å². The van der Waals surface area contributed by atoms with Gasteiger partial charge in [0.1, 0.15) is 5.56 Å². The van der Waals surface area contributed by atoms with E-state index in [2.05, 4.69) is 10.2 Å². The van der Waals surface area contributed by atoms with Crippen LogP contribution in [-0.2, 0) is 12.8 Å². The van der Waals surface area contributed by atoms with Gasteiger partial charge in [-0.1, -0.05) is 29.8 Å². The maximum atomic E-state index is 11.0. The zero-order valence-corrected chi connectivity index (χ0v) is 10.2. The highest BCUT2D eigenvalue weighted by molar-refractivity contribution is 6.31. The highest BCUT2D eigenvalue weighted by Gasteiger charge is 2.17. The van der Waals surface area contributed by atoms with E-state index in [1.807, 2.05) is 18.2 Å². The summed E-state index contributed by atoms with van der Waals surface area (Å²) in [5, 5.41) is 16.0. The van der Waals surface area contributed by atoms with Crippen molar-refractivity contribution < 1.29 is 9.90 Å². The lowest BCUT2D eigenvalue weighted by atomic mass is 10.1. The Hall–Kier alpha value is -2.01. The lowest BCUT2D eigenvalue weighted by molar-refractivity contribution is 0.0697. The summed E-state index contributed by atoms with van der Waals surface area (Å²) in [6.07, 6.45) is 1.12. The van der Waals surface area contributed by atoms with Gasteiger partial charge in [0.15, 0.2) is 5.82 Å². The topological polar surface area (TPSA) is 92.0 Å². The third-order valence-electron chi connectivity index (χ3n) is 2.69. The Kier molecular flexibility index (Phi) is 3.53. The minimum atomic E-state index is -1.07. The largest absolute Gasteiger partial charge is 0.477 e. The van der Waals surface area contributed by atoms with E-state index in [-0.39, 0.29) is 11.4 Å². The minimum absolute atomic E-state index is 0.0108. The van der Waals surface area contributed by atoms with E-state index in [0.29, 0.717) is 23.6 Å². The first-order valence-electron chi connectivity index (χ1n) is 5.39. The van der Waals surface area contributed by atoms with Gasteiger partial charge in [-0.15, -0.1) is 0 Å². The number of carboxylic acids is 1. The number of nitrogens with one attached hydrogen (secondary N) is 1. The Morgan fingerprint density at radius 1 is 1.39 bits per heavy atom. The number of hydrogen-bond acceptors (Lipinski definition) is 3. The maximum Gasteiger partial charge on any atom is 0.341 e. The predicted molar refractivity (Wildman–Crippen MR) is 68.8 cm³/mol. The molecule has 4 N–H and O–H groups in total. The molecule has 0 amide bonds. The lowest BCUT2D eigenvalue weighted by Gasteiger charge is -2.03. The number of nitrogens with zero attached hydrogens (tertiary/aromatic N) is 1. The van der Waals surface area contributed by atoms with Crippen LogP contribution in [0.15, 0.2) is 24.3 Å². The summed E-state index contributed by atoms with van der Waals surface area (Å²) in [6.45, 7) is 0. The molecule has 0 saturated heterocycles. The van der Waals surface area contributed by atoms with E-state index >= 15 is 0 Å². The number of aromatic nitrogens is 2. The summed E-state index contributed by atoms with van der Waals surface area (Å²) < 4.78 is 0. The first-order chi connectivity index (χ1) is 8.59. The van der Waals surface area contributed by atoms with E-state index in [4.69, 9.17) is 22.4 Å². The number of aryl methyl sites for hydroxylation is 2. The van der Waals surface area contributed by atoms with Gasteiger partial charge < -0.3 is 10.8 Å². The second-order valence-corrected chi connectivity index (χ2v) is 4.27. The molecule has 5 nitrogen and oxygen atoms in total. The fourth-order valence-electron chi connectivity index (χ4n) is 1.77. The molecule has 0 fully saturated rings. The van der Waals surface area contributed by atoms with Crippen molar-refractivity contribution in [3.63, 3.8) is 0 Å². The number of benzene rings is 1. The summed E-state index contributed by atoms with van der Waals surface area (Å²) in [6, 6.07) is 7.45. The van der Waals surface area contributed by atoms with Crippen molar-refractivity contribution in [1.82, 2.24) is 10.2 Å². The van der Waals surface area contributed by atoms with Crippen molar-refractivity contribution in [3.05, 3.63) is 46.1 Å². The number of nitrogens with two attached hydrogens (primary N) is 1. The minimum Gasteiger partial charge on any atom is -0.477 e. The highest BCUT2D eigenvalue weighted by Crippen LogP contribution is 2.19. The smallest absolute Gasteiger partial charge is 0.341 e. The molecule has 1 heterocycles. The molecule has 0 bridgehead atoms. The van der Waals surface area contributed by atoms with Crippen LogP contribution in [0.5, 0.6) is 0 Å². The van der Waals surface area contributed by atoms with Crippen molar-refractivity contribution in [2.24, 2.45) is 0 Å². The van der Waals surface area contributed by atoms with Gasteiger partial charge in [0, 0.05) is 5.02 Å². The fraction of sp³-hybridized carbons (Fsp3) is 0.167. The number of carbonyl (C=O) groups is 1. The molecule has 0 radical (unpaired) electrons. The van der Waals surface area contributed by atoms with Crippen LogP contribution >= 0.6 is 11.6 Å². The number of halogens is 1. The zero-order chi connectivity index (χ0) is 13.1. The fourth-order valence-corrected chi connectivity index (χ4v) is 2.00. The third-order valence-corrected chi connectivity index (χ3v) is 3.05. The van der Waals surface area contributed by atoms with Crippen molar-refractivity contribution in [3.8, 4) is 0 Å². The van der Waals surface area contributed by atoms with E-state index in [1.165, 1.54) is 0 Å². The van der Waals surface area contributed by atoms with Crippen LogP contribution in [0.3, 0.4) is 0 Å². The molecule has 18 heavy (non-hydrogen) atoms. The number of rotatable bonds is 4. The number of nitrogen functional groups attached to an aromatic ring is 1. The second kappa shape index (κ2) is 5.10.